The van der Waals surface area contributed by atoms with Crippen LogP contribution in [-0.4, -0.2) is 27.5 Å². The maximum atomic E-state index is 13.6. The Morgan fingerprint density at radius 1 is 1.12 bits per heavy atom. The molecule has 0 aliphatic heterocycles. The summed E-state index contributed by atoms with van der Waals surface area (Å²) >= 11 is 0. The van der Waals surface area contributed by atoms with Gasteiger partial charge in [0.1, 0.15) is 5.82 Å². The largest absolute Gasteiger partial charge is 0.368 e. The van der Waals surface area contributed by atoms with E-state index in [0.717, 1.165) is 5.69 Å². The molecule has 0 unspecified atom stereocenters. The molecule has 0 aliphatic rings. The van der Waals surface area contributed by atoms with Crippen LogP contribution in [0.5, 0.6) is 0 Å². The maximum Gasteiger partial charge on any atom is 0.249 e. The number of benzene rings is 2. The number of aromatic nitrogens is 3. The first-order valence-corrected chi connectivity index (χ1v) is 8.17. The van der Waals surface area contributed by atoms with Crippen molar-refractivity contribution in [2.24, 2.45) is 0 Å². The van der Waals surface area contributed by atoms with Crippen molar-refractivity contribution in [2.75, 3.05) is 17.2 Å². The molecule has 6 nitrogen and oxygen atoms in total. The minimum absolute atomic E-state index is 0.00974. The van der Waals surface area contributed by atoms with Gasteiger partial charge in [0.15, 0.2) is 11.6 Å². The molecule has 3 aromatic rings. The monoisotopic (exact) mass is 351 g/mol. The van der Waals surface area contributed by atoms with E-state index < -0.39 is 0 Å². The van der Waals surface area contributed by atoms with Crippen LogP contribution in [0.3, 0.4) is 0 Å². The van der Waals surface area contributed by atoms with Crippen molar-refractivity contribution in [3.8, 4) is 0 Å². The number of nitrogens with one attached hydrogen (secondary N) is 2. The van der Waals surface area contributed by atoms with E-state index in [4.69, 9.17) is 0 Å². The third kappa shape index (κ3) is 4.60. The van der Waals surface area contributed by atoms with E-state index in [1.54, 1.807) is 36.4 Å². The van der Waals surface area contributed by atoms with Crippen molar-refractivity contribution in [3.63, 3.8) is 0 Å². The second-order valence-electron chi connectivity index (χ2n) is 5.69. The van der Waals surface area contributed by atoms with E-state index in [1.165, 1.54) is 19.2 Å². The molecule has 7 heteroatoms. The minimum atomic E-state index is -0.216. The highest BCUT2D eigenvalue weighted by Crippen LogP contribution is 2.15. The SMILES string of the molecule is CC(=O)c1ccc(Nc2nncc(NCCc3ccccc3F)n2)cc1. The number of nitrogens with zero attached hydrogens (tertiary/aromatic N) is 3. The van der Waals surface area contributed by atoms with Gasteiger partial charge in [-0.25, -0.2) is 4.39 Å². The normalized spacial score (nSPS) is 10.4. The topological polar surface area (TPSA) is 79.8 Å². The number of carbonyl (C=O) groups excluding carboxylic acids is 1. The summed E-state index contributed by atoms with van der Waals surface area (Å²) in [6.07, 6.45) is 2.04. The van der Waals surface area contributed by atoms with Crippen molar-refractivity contribution >= 4 is 23.2 Å². The molecule has 0 atom stereocenters. The van der Waals surface area contributed by atoms with Crippen molar-refractivity contribution < 1.29 is 9.18 Å². The standard InChI is InChI=1S/C19H18FN5O/c1-13(26)14-6-8-16(9-7-14)23-19-24-18(12-22-25-19)21-11-10-15-4-2-3-5-17(15)20/h2-9,12H,10-11H2,1H3,(H2,21,23,24,25). The number of rotatable bonds is 7. The lowest BCUT2D eigenvalue weighted by atomic mass is 10.1. The van der Waals surface area contributed by atoms with E-state index in [1.807, 2.05) is 6.07 Å². The van der Waals surface area contributed by atoms with Gasteiger partial charge in [-0.15, -0.1) is 5.10 Å². The number of hydrogen-bond acceptors (Lipinski definition) is 6. The summed E-state index contributed by atoms with van der Waals surface area (Å²) < 4.78 is 13.6. The van der Waals surface area contributed by atoms with Gasteiger partial charge in [-0.1, -0.05) is 18.2 Å². The average molecular weight is 351 g/mol. The molecule has 0 amide bonds. The molecular formula is C19H18FN5O. The Kier molecular flexibility index (Phi) is 5.48. The fourth-order valence-corrected chi connectivity index (χ4v) is 2.39. The molecule has 26 heavy (non-hydrogen) atoms. The van der Waals surface area contributed by atoms with Crippen LogP contribution in [0.1, 0.15) is 22.8 Å². The number of hydrogen-bond donors (Lipinski definition) is 2. The van der Waals surface area contributed by atoms with Gasteiger partial charge in [0.25, 0.3) is 0 Å². The zero-order valence-corrected chi connectivity index (χ0v) is 14.2. The zero-order valence-electron chi connectivity index (χ0n) is 14.2. The van der Waals surface area contributed by atoms with Crippen LogP contribution in [0.25, 0.3) is 0 Å². The van der Waals surface area contributed by atoms with Crippen LogP contribution in [-0.2, 0) is 6.42 Å². The number of anilines is 3. The lowest BCUT2D eigenvalue weighted by Crippen LogP contribution is -2.09. The maximum absolute atomic E-state index is 13.6. The Labute approximate surface area is 150 Å². The Balaban J connectivity index is 1.59. The molecule has 132 valence electrons. The molecule has 0 aliphatic carbocycles. The van der Waals surface area contributed by atoms with Gasteiger partial charge in [-0.2, -0.15) is 10.1 Å². The van der Waals surface area contributed by atoms with Gasteiger partial charge in [0, 0.05) is 17.8 Å². The van der Waals surface area contributed by atoms with E-state index >= 15 is 0 Å². The number of carbonyl (C=O) groups is 1. The van der Waals surface area contributed by atoms with Crippen molar-refractivity contribution in [2.45, 2.75) is 13.3 Å². The third-order valence-corrected chi connectivity index (χ3v) is 3.76. The quantitative estimate of drug-likeness (QED) is 0.633. The second-order valence-corrected chi connectivity index (χ2v) is 5.69. The molecule has 0 bridgehead atoms. The van der Waals surface area contributed by atoms with E-state index in [-0.39, 0.29) is 11.6 Å². The minimum Gasteiger partial charge on any atom is -0.368 e. The van der Waals surface area contributed by atoms with Crippen molar-refractivity contribution in [1.82, 2.24) is 15.2 Å². The average Bonchev–Trinajstić information content (AvgIpc) is 2.64. The van der Waals surface area contributed by atoms with E-state index in [9.17, 15) is 9.18 Å². The molecular weight excluding hydrogens is 333 g/mol. The Hall–Kier alpha value is -3.35. The predicted octanol–water partition coefficient (Wildman–Crippen LogP) is 3.61. The highest BCUT2D eigenvalue weighted by atomic mass is 19.1. The van der Waals surface area contributed by atoms with Gasteiger partial charge < -0.3 is 10.6 Å². The highest BCUT2D eigenvalue weighted by molar-refractivity contribution is 5.94. The van der Waals surface area contributed by atoms with Gasteiger partial charge in [0.2, 0.25) is 5.95 Å². The fourth-order valence-electron chi connectivity index (χ4n) is 2.39. The predicted molar refractivity (Wildman–Crippen MR) is 98.1 cm³/mol. The summed E-state index contributed by atoms with van der Waals surface area (Å²) in [7, 11) is 0. The summed E-state index contributed by atoms with van der Waals surface area (Å²) in [4.78, 5) is 15.6. The van der Waals surface area contributed by atoms with Crippen LogP contribution in [0.4, 0.5) is 21.8 Å². The molecule has 0 saturated heterocycles. The lowest BCUT2D eigenvalue weighted by Gasteiger charge is -2.08. The smallest absolute Gasteiger partial charge is 0.249 e. The van der Waals surface area contributed by atoms with E-state index in [0.29, 0.717) is 35.9 Å². The van der Waals surface area contributed by atoms with Gasteiger partial charge in [-0.3, -0.25) is 4.79 Å². The van der Waals surface area contributed by atoms with Gasteiger partial charge in [-0.05, 0) is 49.2 Å². The Morgan fingerprint density at radius 2 is 1.88 bits per heavy atom. The number of ketones is 1. The van der Waals surface area contributed by atoms with Crippen LogP contribution in [0.15, 0.2) is 54.7 Å². The Morgan fingerprint density at radius 3 is 2.62 bits per heavy atom. The summed E-state index contributed by atoms with van der Waals surface area (Å²) in [6, 6.07) is 13.7. The number of halogens is 1. The molecule has 1 aromatic heterocycles. The summed E-state index contributed by atoms with van der Waals surface area (Å²) in [5.74, 6) is 0.664. The lowest BCUT2D eigenvalue weighted by molar-refractivity contribution is 0.101. The summed E-state index contributed by atoms with van der Waals surface area (Å²) in [5, 5.41) is 14.0. The Bertz CT molecular complexity index is 898. The zero-order chi connectivity index (χ0) is 18.4. The van der Waals surface area contributed by atoms with Crippen LogP contribution >= 0.6 is 0 Å². The number of Topliss-reactive ketones (excluding diaryl/α,β-unsaturated/α-hetero) is 1. The molecule has 0 radical (unpaired) electrons. The van der Waals surface area contributed by atoms with Gasteiger partial charge in [0.05, 0.1) is 6.20 Å². The first-order valence-electron chi connectivity index (χ1n) is 8.17. The third-order valence-electron chi connectivity index (χ3n) is 3.76. The van der Waals surface area contributed by atoms with Crippen molar-refractivity contribution in [1.29, 1.82) is 0 Å². The molecule has 0 saturated carbocycles. The first kappa shape index (κ1) is 17.5. The molecule has 0 spiro atoms. The summed E-state index contributed by atoms with van der Waals surface area (Å²) in [6.45, 7) is 2.04. The van der Waals surface area contributed by atoms with E-state index in [2.05, 4.69) is 25.8 Å². The van der Waals surface area contributed by atoms with Gasteiger partial charge >= 0.3 is 0 Å². The molecule has 2 aromatic carbocycles. The van der Waals surface area contributed by atoms with Crippen LogP contribution in [0, 0.1) is 5.82 Å². The molecule has 1 heterocycles. The molecule has 2 N–H and O–H groups in total. The fraction of sp³-hybridized carbons (Fsp3) is 0.158. The molecule has 0 fully saturated rings. The highest BCUT2D eigenvalue weighted by Gasteiger charge is 2.04. The van der Waals surface area contributed by atoms with Crippen LogP contribution < -0.4 is 10.6 Å². The first-order chi connectivity index (χ1) is 12.6. The summed E-state index contributed by atoms with van der Waals surface area (Å²) in [5.41, 5.74) is 2.03. The molecule has 3 rings (SSSR count). The van der Waals surface area contributed by atoms with Crippen molar-refractivity contribution in [3.05, 3.63) is 71.7 Å². The van der Waals surface area contributed by atoms with Crippen LogP contribution in [0.2, 0.25) is 0 Å². The second kappa shape index (κ2) is 8.15.